The Kier molecular flexibility index (Phi) is 2.87. The van der Waals surface area contributed by atoms with Crippen molar-refractivity contribution >= 4 is 11.4 Å². The van der Waals surface area contributed by atoms with Crippen LogP contribution in [0.5, 0.6) is 0 Å². The number of hydrogen-bond donors (Lipinski definition) is 1. The summed E-state index contributed by atoms with van der Waals surface area (Å²) in [7, 11) is 0. The lowest BCUT2D eigenvalue weighted by Gasteiger charge is -2.15. The van der Waals surface area contributed by atoms with Gasteiger partial charge in [-0.05, 0) is 12.1 Å². The van der Waals surface area contributed by atoms with Crippen LogP contribution in [-0.4, -0.2) is 16.5 Å². The molecule has 0 aromatic heterocycles. The number of hydrazine groups is 1. The van der Waals surface area contributed by atoms with Crippen LogP contribution >= 0.6 is 0 Å². The van der Waals surface area contributed by atoms with Gasteiger partial charge in [0.15, 0.2) is 5.71 Å². The van der Waals surface area contributed by atoms with E-state index in [9.17, 15) is 0 Å². The molecule has 0 amide bonds. The van der Waals surface area contributed by atoms with Crippen LogP contribution in [0.15, 0.2) is 34.5 Å². The number of nitriles is 3. The van der Waals surface area contributed by atoms with Gasteiger partial charge >= 0.3 is 0 Å². The molecule has 1 aromatic rings. The van der Waals surface area contributed by atoms with Crippen LogP contribution in [0.2, 0.25) is 0 Å². The summed E-state index contributed by atoms with van der Waals surface area (Å²) in [4.78, 5) is 0. The third kappa shape index (κ3) is 1.95. The van der Waals surface area contributed by atoms with Crippen LogP contribution in [0.4, 0.5) is 0 Å². The third-order valence-corrected chi connectivity index (χ3v) is 2.17. The van der Waals surface area contributed by atoms with E-state index in [2.05, 4.69) is 15.7 Å². The fourth-order valence-corrected chi connectivity index (χ4v) is 1.34. The summed E-state index contributed by atoms with van der Waals surface area (Å²) < 4.78 is 0. The molecule has 1 aliphatic heterocycles. The van der Waals surface area contributed by atoms with Crippen LogP contribution in [0.3, 0.4) is 0 Å². The van der Waals surface area contributed by atoms with Crippen molar-refractivity contribution in [1.29, 1.82) is 15.8 Å². The highest BCUT2D eigenvalue weighted by molar-refractivity contribution is 6.53. The standard InChI is InChI=1S/C11H5N7/c12-5-8-1-3-9(4-2-8)11-10(6-13)15-17-18(7-14)16-11/h1-4,17H. The van der Waals surface area contributed by atoms with Gasteiger partial charge < -0.3 is 0 Å². The van der Waals surface area contributed by atoms with Gasteiger partial charge in [0.1, 0.15) is 11.8 Å². The molecule has 0 atom stereocenters. The molecule has 7 heteroatoms. The summed E-state index contributed by atoms with van der Waals surface area (Å²) in [5, 5.41) is 34.8. The zero-order chi connectivity index (χ0) is 13.0. The number of hydrogen-bond acceptors (Lipinski definition) is 7. The minimum absolute atomic E-state index is 0.0752. The topological polar surface area (TPSA) is 111 Å². The predicted molar refractivity (Wildman–Crippen MR) is 61.3 cm³/mol. The van der Waals surface area contributed by atoms with Crippen LogP contribution in [0.1, 0.15) is 11.1 Å². The molecule has 2 rings (SSSR count). The minimum atomic E-state index is 0.0752. The Bertz CT molecular complexity index is 649. The molecule has 0 saturated carbocycles. The second kappa shape index (κ2) is 4.65. The first-order valence-corrected chi connectivity index (χ1v) is 4.81. The normalized spacial score (nSPS) is 13.3. The van der Waals surface area contributed by atoms with Gasteiger partial charge in [0.05, 0.1) is 11.6 Å². The van der Waals surface area contributed by atoms with Crippen LogP contribution in [-0.2, 0) is 0 Å². The molecule has 1 heterocycles. The molecule has 84 valence electrons. The van der Waals surface area contributed by atoms with Crippen molar-refractivity contribution in [3.8, 4) is 18.3 Å². The van der Waals surface area contributed by atoms with Crippen molar-refractivity contribution in [3.05, 3.63) is 35.4 Å². The molecule has 18 heavy (non-hydrogen) atoms. The Morgan fingerprint density at radius 3 is 2.33 bits per heavy atom. The van der Waals surface area contributed by atoms with E-state index in [0.717, 1.165) is 5.12 Å². The highest BCUT2D eigenvalue weighted by Gasteiger charge is 2.18. The number of nitrogens with zero attached hydrogens (tertiary/aromatic N) is 6. The average Bonchev–Trinajstić information content (AvgIpc) is 2.46. The van der Waals surface area contributed by atoms with Crippen LogP contribution < -0.4 is 5.53 Å². The quantitative estimate of drug-likeness (QED) is 0.710. The van der Waals surface area contributed by atoms with Gasteiger partial charge in [-0.15, -0.1) is 10.2 Å². The maximum atomic E-state index is 8.93. The monoisotopic (exact) mass is 235 g/mol. The van der Waals surface area contributed by atoms with Gasteiger partial charge in [0.2, 0.25) is 6.19 Å². The van der Waals surface area contributed by atoms with Crippen molar-refractivity contribution in [2.75, 3.05) is 0 Å². The number of nitrogens with one attached hydrogen (secondary N) is 1. The van der Waals surface area contributed by atoms with Crippen LogP contribution in [0, 0.1) is 34.1 Å². The highest BCUT2D eigenvalue weighted by atomic mass is 15.8. The molecule has 7 nitrogen and oxygen atoms in total. The molecule has 0 fully saturated rings. The molecule has 1 aliphatic rings. The van der Waals surface area contributed by atoms with Gasteiger partial charge in [-0.3, -0.25) is 0 Å². The van der Waals surface area contributed by atoms with Crippen molar-refractivity contribution < 1.29 is 0 Å². The number of benzene rings is 1. The highest BCUT2D eigenvalue weighted by Crippen LogP contribution is 2.09. The lowest BCUT2D eigenvalue weighted by Crippen LogP contribution is -2.34. The van der Waals surface area contributed by atoms with Crippen molar-refractivity contribution in [1.82, 2.24) is 10.7 Å². The Labute approximate surface area is 102 Å². The smallest absolute Gasteiger partial charge is 0.192 e. The molecule has 1 aromatic carbocycles. The van der Waals surface area contributed by atoms with E-state index in [0.29, 0.717) is 11.1 Å². The fraction of sp³-hybridized carbons (Fsp3) is 0. The molecule has 0 spiro atoms. The second-order valence-electron chi connectivity index (χ2n) is 3.22. The summed E-state index contributed by atoms with van der Waals surface area (Å²) in [5.41, 5.74) is 3.75. The van der Waals surface area contributed by atoms with E-state index in [1.807, 2.05) is 12.1 Å². The zero-order valence-corrected chi connectivity index (χ0v) is 8.99. The number of rotatable bonds is 1. The Morgan fingerprint density at radius 2 is 1.78 bits per heavy atom. The predicted octanol–water partition coefficient (Wildman–Crippen LogP) is 0.443. The van der Waals surface area contributed by atoms with E-state index in [-0.39, 0.29) is 11.4 Å². The van der Waals surface area contributed by atoms with E-state index in [4.69, 9.17) is 15.8 Å². The Balaban J connectivity index is 2.44. The fourth-order valence-electron chi connectivity index (χ4n) is 1.34. The van der Waals surface area contributed by atoms with E-state index in [1.165, 1.54) is 0 Å². The van der Waals surface area contributed by atoms with Gasteiger partial charge in [0, 0.05) is 5.56 Å². The zero-order valence-electron chi connectivity index (χ0n) is 8.99. The lowest BCUT2D eigenvalue weighted by molar-refractivity contribution is 0.303. The van der Waals surface area contributed by atoms with Gasteiger partial charge in [-0.2, -0.15) is 21.3 Å². The third-order valence-electron chi connectivity index (χ3n) is 2.17. The van der Waals surface area contributed by atoms with E-state index >= 15 is 0 Å². The van der Waals surface area contributed by atoms with Gasteiger partial charge in [-0.1, -0.05) is 17.3 Å². The molecular formula is C11H5N7. The molecule has 0 bridgehead atoms. The lowest BCUT2D eigenvalue weighted by atomic mass is 10.0. The maximum Gasteiger partial charge on any atom is 0.224 e. The number of hydrazone groups is 2. The Morgan fingerprint density at radius 1 is 1.06 bits per heavy atom. The summed E-state index contributed by atoms with van der Waals surface area (Å²) in [6.45, 7) is 0. The first-order chi connectivity index (χ1) is 8.78. The summed E-state index contributed by atoms with van der Waals surface area (Å²) in [5.74, 6) is 0. The molecule has 0 unspecified atom stereocenters. The molecular weight excluding hydrogens is 230 g/mol. The van der Waals surface area contributed by atoms with Crippen LogP contribution in [0.25, 0.3) is 0 Å². The SMILES string of the molecule is N#CC1=NNN(C#N)N=C1c1ccc(C#N)cc1. The largest absolute Gasteiger partial charge is 0.224 e. The summed E-state index contributed by atoms with van der Waals surface area (Å²) in [6.07, 6.45) is 1.74. The van der Waals surface area contributed by atoms with Gasteiger partial charge in [-0.25, -0.2) is 0 Å². The molecule has 1 N–H and O–H groups in total. The Hall–Kier alpha value is -3.37. The summed E-state index contributed by atoms with van der Waals surface area (Å²) in [6, 6.07) is 10.4. The molecule has 0 radical (unpaired) electrons. The minimum Gasteiger partial charge on any atom is -0.192 e. The van der Waals surface area contributed by atoms with E-state index in [1.54, 1.807) is 30.5 Å². The average molecular weight is 235 g/mol. The first kappa shape index (κ1) is 11.1. The van der Waals surface area contributed by atoms with E-state index < -0.39 is 0 Å². The maximum absolute atomic E-state index is 8.93. The molecule has 0 saturated heterocycles. The first-order valence-electron chi connectivity index (χ1n) is 4.81. The van der Waals surface area contributed by atoms with Crippen molar-refractivity contribution in [3.63, 3.8) is 0 Å². The van der Waals surface area contributed by atoms with Crippen molar-refractivity contribution in [2.24, 2.45) is 10.2 Å². The van der Waals surface area contributed by atoms with Crippen molar-refractivity contribution in [2.45, 2.75) is 0 Å². The molecule has 0 aliphatic carbocycles. The summed E-state index contributed by atoms with van der Waals surface area (Å²) >= 11 is 0. The second-order valence-corrected chi connectivity index (χ2v) is 3.22. The van der Waals surface area contributed by atoms with Gasteiger partial charge in [0.25, 0.3) is 0 Å².